The molecule has 0 bridgehead atoms. The fourth-order valence-electron chi connectivity index (χ4n) is 2.72. The van der Waals surface area contributed by atoms with Crippen molar-refractivity contribution >= 4 is 52.0 Å². The van der Waals surface area contributed by atoms with Gasteiger partial charge in [0.25, 0.3) is 11.6 Å². The molecule has 10 heteroatoms. The highest BCUT2D eigenvalue weighted by Crippen LogP contribution is 2.30. The molecule has 8 nitrogen and oxygen atoms in total. The molecule has 1 N–H and O–H groups in total. The lowest BCUT2D eigenvalue weighted by Crippen LogP contribution is -2.35. The van der Waals surface area contributed by atoms with Crippen LogP contribution in [-0.4, -0.2) is 31.3 Å². The van der Waals surface area contributed by atoms with E-state index in [0.29, 0.717) is 16.5 Å². The number of carbonyl (C=O) groups excluding carboxylic acids is 1. The fraction of sp³-hybridized carbons (Fsp3) is 0. The molecule has 27 heavy (non-hydrogen) atoms. The molecule has 0 unspecified atom stereocenters. The summed E-state index contributed by atoms with van der Waals surface area (Å²) in [6.45, 7) is 0. The second-order valence-corrected chi connectivity index (χ2v) is 6.86. The van der Waals surface area contributed by atoms with Gasteiger partial charge in [-0.2, -0.15) is 4.99 Å². The number of nitro groups is 1. The Labute approximate surface area is 162 Å². The summed E-state index contributed by atoms with van der Waals surface area (Å²) in [5.41, 5.74) is 1.15. The maximum absolute atomic E-state index is 12.3. The molecule has 0 saturated carbocycles. The molecule has 0 aliphatic carbocycles. The first-order valence-corrected chi connectivity index (χ1v) is 8.89. The Bertz CT molecular complexity index is 1100. The van der Waals surface area contributed by atoms with Crippen LogP contribution in [0.25, 0.3) is 11.8 Å². The number of aromatic nitrogens is 1. The first-order chi connectivity index (χ1) is 13.0. The van der Waals surface area contributed by atoms with Crippen LogP contribution in [-0.2, 0) is 4.79 Å². The van der Waals surface area contributed by atoms with Gasteiger partial charge < -0.3 is 4.57 Å². The first kappa shape index (κ1) is 17.3. The van der Waals surface area contributed by atoms with E-state index < -0.39 is 10.8 Å². The van der Waals surface area contributed by atoms with Crippen LogP contribution >= 0.6 is 23.4 Å². The number of amides is 1. The van der Waals surface area contributed by atoms with Crippen LogP contribution in [0.4, 0.5) is 5.69 Å². The molecule has 2 aromatic rings. The molecule has 4 rings (SSSR count). The van der Waals surface area contributed by atoms with Crippen LogP contribution in [0.15, 0.2) is 58.7 Å². The Morgan fingerprint density at radius 3 is 2.89 bits per heavy atom. The van der Waals surface area contributed by atoms with E-state index >= 15 is 0 Å². The third-order valence-corrected chi connectivity index (χ3v) is 5.05. The van der Waals surface area contributed by atoms with Gasteiger partial charge in [0.15, 0.2) is 5.17 Å². The summed E-state index contributed by atoms with van der Waals surface area (Å²) in [5.74, 6) is -0.459. The summed E-state index contributed by atoms with van der Waals surface area (Å²) in [7, 11) is 0. The Morgan fingerprint density at radius 2 is 2.15 bits per heavy atom. The van der Waals surface area contributed by atoms with Gasteiger partial charge in [0.2, 0.25) is 0 Å². The lowest BCUT2D eigenvalue weighted by atomic mass is 10.1. The zero-order valence-electron chi connectivity index (χ0n) is 13.5. The molecular weight excluding hydrogens is 390 g/mol. The number of nitro benzene ring substituents is 1. The van der Waals surface area contributed by atoms with Crippen LogP contribution in [0.1, 0.15) is 5.69 Å². The van der Waals surface area contributed by atoms with E-state index in [1.807, 2.05) is 0 Å². The van der Waals surface area contributed by atoms with Crippen LogP contribution in [0.5, 0.6) is 0 Å². The van der Waals surface area contributed by atoms with Gasteiger partial charge in [0, 0.05) is 30.2 Å². The van der Waals surface area contributed by atoms with Crippen molar-refractivity contribution in [2.75, 3.05) is 0 Å². The van der Waals surface area contributed by atoms with Gasteiger partial charge in [-0.1, -0.05) is 23.4 Å². The fourth-order valence-corrected chi connectivity index (χ4v) is 3.69. The summed E-state index contributed by atoms with van der Waals surface area (Å²) in [6.07, 6.45) is 4.95. The van der Waals surface area contributed by atoms with Crippen molar-refractivity contribution in [3.63, 3.8) is 0 Å². The Hall–Kier alpha value is -3.17. The van der Waals surface area contributed by atoms with Crippen molar-refractivity contribution in [3.05, 3.63) is 74.5 Å². The predicted octanol–water partition coefficient (Wildman–Crippen LogP) is 3.82. The van der Waals surface area contributed by atoms with E-state index in [-0.39, 0.29) is 22.1 Å². The summed E-state index contributed by atoms with van der Waals surface area (Å²) in [4.78, 5) is 28.2. The average Bonchev–Trinajstić information content (AvgIpc) is 3.27. The minimum atomic E-state index is -0.520. The highest BCUT2D eigenvalue weighted by molar-refractivity contribution is 8.16. The number of non-ortho nitro benzene ring substituents is 1. The summed E-state index contributed by atoms with van der Waals surface area (Å²) >= 11 is 7.49. The maximum atomic E-state index is 12.3. The van der Waals surface area contributed by atoms with E-state index in [1.54, 1.807) is 40.6 Å². The van der Waals surface area contributed by atoms with Gasteiger partial charge in [-0.25, -0.2) is 0 Å². The average molecular weight is 400 g/mol. The molecule has 2 aliphatic rings. The third kappa shape index (κ3) is 2.96. The Kier molecular flexibility index (Phi) is 4.17. The SMILES string of the molecule is N=C1/C(=C/c2cccn2-c2ccc([N+](=O)[O-])cc2Cl)C(=O)N=C2SC=CN12. The quantitative estimate of drug-likeness (QED) is 0.480. The summed E-state index contributed by atoms with van der Waals surface area (Å²) < 4.78 is 1.69. The van der Waals surface area contributed by atoms with Crippen molar-refractivity contribution in [1.82, 2.24) is 9.47 Å². The first-order valence-electron chi connectivity index (χ1n) is 7.63. The topological polar surface area (TPSA) is 105 Å². The number of rotatable bonds is 3. The lowest BCUT2D eigenvalue weighted by Gasteiger charge is -2.22. The van der Waals surface area contributed by atoms with E-state index in [0.717, 1.165) is 0 Å². The molecule has 0 radical (unpaired) electrons. The van der Waals surface area contributed by atoms with E-state index in [9.17, 15) is 14.9 Å². The number of hydrogen-bond donors (Lipinski definition) is 1. The maximum Gasteiger partial charge on any atom is 0.283 e. The Morgan fingerprint density at radius 1 is 1.33 bits per heavy atom. The number of halogens is 1. The summed E-state index contributed by atoms with van der Waals surface area (Å²) in [5, 5.41) is 21.6. The molecule has 1 aromatic heterocycles. The number of fused-ring (bicyclic) bond motifs is 1. The minimum Gasteiger partial charge on any atom is -0.316 e. The molecule has 134 valence electrons. The molecule has 0 atom stereocenters. The number of amidine groups is 2. The van der Waals surface area contributed by atoms with Gasteiger partial charge >= 0.3 is 0 Å². The molecule has 1 amide bonds. The van der Waals surface area contributed by atoms with E-state index in [1.165, 1.54) is 34.9 Å². The van der Waals surface area contributed by atoms with Crippen molar-refractivity contribution in [1.29, 1.82) is 5.41 Å². The van der Waals surface area contributed by atoms with Crippen LogP contribution in [0, 0.1) is 15.5 Å². The lowest BCUT2D eigenvalue weighted by molar-refractivity contribution is -0.384. The normalized spacial score (nSPS) is 17.4. The molecule has 1 aromatic carbocycles. The largest absolute Gasteiger partial charge is 0.316 e. The molecular formula is C17H10ClN5O3S. The van der Waals surface area contributed by atoms with Crippen LogP contribution in [0.2, 0.25) is 5.02 Å². The second kappa shape index (κ2) is 6.53. The molecule has 0 spiro atoms. The molecule has 0 fully saturated rings. The smallest absolute Gasteiger partial charge is 0.283 e. The molecule has 2 aliphatic heterocycles. The van der Waals surface area contributed by atoms with Crippen LogP contribution < -0.4 is 0 Å². The number of hydrogen-bond acceptors (Lipinski definition) is 5. The number of benzene rings is 1. The van der Waals surface area contributed by atoms with Gasteiger partial charge in [-0.3, -0.25) is 25.2 Å². The van der Waals surface area contributed by atoms with Gasteiger partial charge in [-0.05, 0) is 29.7 Å². The van der Waals surface area contributed by atoms with Gasteiger partial charge in [-0.15, -0.1) is 0 Å². The summed E-state index contributed by atoms with van der Waals surface area (Å²) in [6, 6.07) is 7.66. The van der Waals surface area contributed by atoms with E-state index in [2.05, 4.69) is 4.99 Å². The predicted molar refractivity (Wildman–Crippen MR) is 104 cm³/mol. The third-order valence-electron chi connectivity index (χ3n) is 3.99. The number of nitrogens with one attached hydrogen (secondary N) is 1. The zero-order valence-corrected chi connectivity index (χ0v) is 15.1. The van der Waals surface area contributed by atoms with Crippen molar-refractivity contribution in [3.8, 4) is 5.69 Å². The van der Waals surface area contributed by atoms with Gasteiger partial charge in [0.1, 0.15) is 5.84 Å². The molecule has 3 heterocycles. The second-order valence-electron chi connectivity index (χ2n) is 5.58. The standard InChI is InChI=1S/C17H10ClN5O3S/c18-13-9-11(23(25)26)3-4-14(13)21-5-1-2-10(21)8-12-15(19)22-6-7-27-17(22)20-16(12)24/h1-9,19H/b12-8-,19-15?. The van der Waals surface area contributed by atoms with Gasteiger partial charge in [0.05, 0.1) is 21.2 Å². The number of carbonyl (C=O) groups is 1. The number of aliphatic imine (C=N–C) groups is 1. The number of thioether (sulfide) groups is 1. The Balaban J connectivity index is 1.76. The molecule has 0 saturated heterocycles. The van der Waals surface area contributed by atoms with E-state index in [4.69, 9.17) is 17.0 Å². The minimum absolute atomic E-state index is 0.0359. The number of nitrogens with zero attached hydrogens (tertiary/aromatic N) is 4. The highest BCUT2D eigenvalue weighted by Gasteiger charge is 2.31. The van der Waals surface area contributed by atoms with Crippen molar-refractivity contribution in [2.24, 2.45) is 4.99 Å². The van der Waals surface area contributed by atoms with Crippen molar-refractivity contribution < 1.29 is 9.72 Å². The van der Waals surface area contributed by atoms with Crippen LogP contribution in [0.3, 0.4) is 0 Å². The monoisotopic (exact) mass is 399 g/mol. The zero-order chi connectivity index (χ0) is 19.1. The highest BCUT2D eigenvalue weighted by atomic mass is 35.5. The van der Waals surface area contributed by atoms with Crippen molar-refractivity contribution in [2.45, 2.75) is 0 Å².